The van der Waals surface area contributed by atoms with Crippen molar-refractivity contribution in [2.75, 3.05) is 13.3 Å². The van der Waals surface area contributed by atoms with Crippen LogP contribution in [0, 0.1) is 0 Å². The zero-order chi connectivity index (χ0) is 11.0. The normalized spacial score (nSPS) is 21.1. The van der Waals surface area contributed by atoms with E-state index < -0.39 is 0 Å². The highest BCUT2D eigenvalue weighted by Gasteiger charge is 2.24. The molecule has 0 spiro atoms. The molecule has 1 saturated heterocycles. The third kappa shape index (κ3) is 2.23. The molecule has 1 atom stereocenters. The number of benzene rings is 1. The first-order valence-electron chi connectivity index (χ1n) is 5.52. The van der Waals surface area contributed by atoms with Crippen molar-refractivity contribution in [1.82, 2.24) is 5.32 Å². The molecule has 3 rings (SSSR count). The Kier molecular flexibility index (Phi) is 3.54. The maximum Gasteiger partial charge on any atom is 0.231 e. The van der Waals surface area contributed by atoms with Crippen molar-refractivity contribution in [3.05, 3.63) is 23.8 Å². The smallest absolute Gasteiger partial charge is 0.231 e. The Morgan fingerprint density at radius 2 is 2.12 bits per heavy atom. The summed E-state index contributed by atoms with van der Waals surface area (Å²) in [5.41, 5.74) is 0.698. The zero-order valence-corrected chi connectivity index (χ0v) is 10.1. The second-order valence-corrected chi connectivity index (χ2v) is 4.08. The lowest BCUT2D eigenvalue weighted by atomic mass is 10.0. The van der Waals surface area contributed by atoms with Crippen molar-refractivity contribution in [3.8, 4) is 11.5 Å². The number of halogens is 1. The Morgan fingerprint density at radius 3 is 2.88 bits per heavy atom. The highest BCUT2D eigenvalue weighted by molar-refractivity contribution is 6.00. The lowest BCUT2D eigenvalue weighted by Crippen LogP contribution is -2.30. The monoisotopic (exact) mass is 255 g/mol. The van der Waals surface area contributed by atoms with Gasteiger partial charge < -0.3 is 14.8 Å². The highest BCUT2D eigenvalue weighted by Crippen LogP contribution is 2.33. The zero-order valence-electron chi connectivity index (χ0n) is 9.27. The van der Waals surface area contributed by atoms with E-state index in [2.05, 4.69) is 5.32 Å². The van der Waals surface area contributed by atoms with Gasteiger partial charge in [0.2, 0.25) is 6.79 Å². The number of hydrogen-bond acceptors (Lipinski definition) is 4. The summed E-state index contributed by atoms with van der Waals surface area (Å²) >= 11 is 0. The summed E-state index contributed by atoms with van der Waals surface area (Å²) in [4.78, 5) is 12.1. The van der Waals surface area contributed by atoms with Crippen LogP contribution in [-0.2, 0) is 0 Å². The molecule has 0 amide bonds. The molecule has 1 N–H and O–H groups in total. The summed E-state index contributed by atoms with van der Waals surface area (Å²) in [5.74, 6) is 1.54. The number of fused-ring (bicyclic) bond motifs is 1. The molecule has 0 aromatic heterocycles. The van der Waals surface area contributed by atoms with Crippen molar-refractivity contribution >= 4 is 18.2 Å². The second-order valence-electron chi connectivity index (χ2n) is 4.08. The number of ether oxygens (including phenoxy) is 2. The van der Waals surface area contributed by atoms with E-state index in [1.807, 2.05) is 0 Å². The van der Waals surface area contributed by atoms with Crippen LogP contribution >= 0.6 is 12.4 Å². The minimum Gasteiger partial charge on any atom is -0.454 e. The van der Waals surface area contributed by atoms with Gasteiger partial charge in [-0.25, -0.2) is 0 Å². The van der Waals surface area contributed by atoms with Crippen molar-refractivity contribution in [3.63, 3.8) is 0 Å². The average Bonchev–Trinajstić information content (AvgIpc) is 2.98. The van der Waals surface area contributed by atoms with Crippen molar-refractivity contribution in [1.29, 1.82) is 0 Å². The van der Waals surface area contributed by atoms with Gasteiger partial charge in [0.05, 0.1) is 6.04 Å². The predicted molar refractivity (Wildman–Crippen MR) is 65.2 cm³/mol. The van der Waals surface area contributed by atoms with E-state index in [1.165, 1.54) is 0 Å². The molecule has 4 nitrogen and oxygen atoms in total. The molecule has 2 heterocycles. The Labute approximate surface area is 106 Å². The van der Waals surface area contributed by atoms with Gasteiger partial charge in [0, 0.05) is 5.56 Å². The summed E-state index contributed by atoms with van der Waals surface area (Å²) < 4.78 is 10.5. The number of Topliss-reactive ketones (excluding diaryl/α,β-unsaturated/α-hetero) is 1. The van der Waals surface area contributed by atoms with Gasteiger partial charge in [-0.15, -0.1) is 12.4 Å². The van der Waals surface area contributed by atoms with E-state index in [0.29, 0.717) is 11.3 Å². The van der Waals surface area contributed by atoms with Crippen LogP contribution in [0.2, 0.25) is 0 Å². The van der Waals surface area contributed by atoms with Gasteiger partial charge in [-0.05, 0) is 37.6 Å². The number of hydrogen-bond donors (Lipinski definition) is 1. The predicted octanol–water partition coefficient (Wildman–Crippen LogP) is 1.77. The van der Waals surface area contributed by atoms with Gasteiger partial charge in [-0.2, -0.15) is 0 Å². The molecule has 0 bridgehead atoms. The molecule has 17 heavy (non-hydrogen) atoms. The first-order valence-corrected chi connectivity index (χ1v) is 5.52. The van der Waals surface area contributed by atoms with E-state index in [9.17, 15) is 4.79 Å². The summed E-state index contributed by atoms with van der Waals surface area (Å²) in [6.07, 6.45) is 1.99. The summed E-state index contributed by atoms with van der Waals surface area (Å²) in [6.45, 7) is 1.18. The molecule has 1 fully saturated rings. The Balaban J connectivity index is 0.00000108. The molecule has 1 unspecified atom stereocenters. The molecule has 1 aromatic rings. The third-order valence-corrected chi connectivity index (χ3v) is 3.03. The van der Waals surface area contributed by atoms with E-state index in [-0.39, 0.29) is 31.0 Å². The lowest BCUT2D eigenvalue weighted by Gasteiger charge is -2.09. The number of ketones is 1. The number of carbonyl (C=O) groups excluding carboxylic acids is 1. The van der Waals surface area contributed by atoms with Crippen LogP contribution in [0.25, 0.3) is 0 Å². The Hall–Kier alpha value is -1.26. The second kappa shape index (κ2) is 4.94. The van der Waals surface area contributed by atoms with E-state index in [1.54, 1.807) is 18.2 Å². The van der Waals surface area contributed by atoms with Crippen LogP contribution in [0.5, 0.6) is 11.5 Å². The topological polar surface area (TPSA) is 47.6 Å². The van der Waals surface area contributed by atoms with Gasteiger partial charge in [0.25, 0.3) is 0 Å². The van der Waals surface area contributed by atoms with Gasteiger partial charge in [-0.3, -0.25) is 4.79 Å². The fraction of sp³-hybridized carbons (Fsp3) is 0.417. The molecule has 2 aliphatic heterocycles. The standard InChI is InChI=1S/C12H13NO3.ClH/c14-12(9-2-1-5-13-9)8-3-4-10-11(6-8)16-7-15-10;/h3-4,6,9,13H,1-2,5,7H2;1H. The molecule has 5 heteroatoms. The van der Waals surface area contributed by atoms with Crippen LogP contribution in [-0.4, -0.2) is 25.2 Å². The fourth-order valence-corrected chi connectivity index (χ4v) is 2.16. The minimum absolute atomic E-state index is 0. The maximum atomic E-state index is 12.1. The molecule has 92 valence electrons. The molecule has 2 aliphatic rings. The first-order chi connectivity index (χ1) is 7.84. The Bertz CT molecular complexity index is 430. The fourth-order valence-electron chi connectivity index (χ4n) is 2.16. The minimum atomic E-state index is -0.0274. The quantitative estimate of drug-likeness (QED) is 0.819. The van der Waals surface area contributed by atoms with Crippen molar-refractivity contribution in [2.45, 2.75) is 18.9 Å². The molecule has 0 saturated carbocycles. The van der Waals surface area contributed by atoms with Crippen molar-refractivity contribution in [2.24, 2.45) is 0 Å². The van der Waals surface area contributed by atoms with Gasteiger partial charge >= 0.3 is 0 Å². The van der Waals surface area contributed by atoms with Crippen LogP contribution in [0.15, 0.2) is 18.2 Å². The average molecular weight is 256 g/mol. The summed E-state index contributed by atoms with van der Waals surface area (Å²) in [7, 11) is 0. The van der Waals surface area contributed by atoms with Crippen LogP contribution in [0.4, 0.5) is 0 Å². The SMILES string of the molecule is Cl.O=C(c1ccc2c(c1)OCO2)C1CCCN1. The van der Waals surface area contributed by atoms with E-state index >= 15 is 0 Å². The van der Waals surface area contributed by atoms with Crippen LogP contribution < -0.4 is 14.8 Å². The summed E-state index contributed by atoms with van der Waals surface area (Å²) in [5, 5.41) is 3.20. The van der Waals surface area contributed by atoms with Gasteiger partial charge in [0.15, 0.2) is 17.3 Å². The van der Waals surface area contributed by atoms with Gasteiger partial charge in [-0.1, -0.05) is 0 Å². The summed E-state index contributed by atoms with van der Waals surface area (Å²) in [6, 6.07) is 5.34. The molecular formula is C12H14ClNO3. The first kappa shape index (κ1) is 12.2. The Morgan fingerprint density at radius 1 is 1.29 bits per heavy atom. The molecule has 0 aliphatic carbocycles. The molecule has 1 aromatic carbocycles. The molecule has 0 radical (unpaired) electrons. The molecular weight excluding hydrogens is 242 g/mol. The van der Waals surface area contributed by atoms with Crippen LogP contribution in [0.1, 0.15) is 23.2 Å². The third-order valence-electron chi connectivity index (χ3n) is 3.03. The largest absolute Gasteiger partial charge is 0.454 e. The number of carbonyl (C=O) groups is 1. The van der Waals surface area contributed by atoms with Crippen molar-refractivity contribution < 1.29 is 14.3 Å². The van der Waals surface area contributed by atoms with E-state index in [0.717, 1.165) is 25.1 Å². The van der Waals surface area contributed by atoms with E-state index in [4.69, 9.17) is 9.47 Å². The maximum absolute atomic E-state index is 12.1. The lowest BCUT2D eigenvalue weighted by molar-refractivity contribution is 0.0952. The highest BCUT2D eigenvalue weighted by atomic mass is 35.5. The van der Waals surface area contributed by atoms with Crippen LogP contribution in [0.3, 0.4) is 0 Å². The number of nitrogens with one attached hydrogen (secondary N) is 1. The van der Waals surface area contributed by atoms with Gasteiger partial charge in [0.1, 0.15) is 0 Å². The number of rotatable bonds is 2.